The fraction of sp³-hybridized carbons (Fsp3) is 0.692. The largest absolute Gasteiger partial charge is 0.307 e. The molecule has 20 heavy (non-hydrogen) atoms. The predicted molar refractivity (Wildman–Crippen MR) is 77.1 cm³/mol. The molecule has 0 aromatic carbocycles. The molecule has 1 unspecified atom stereocenters. The fourth-order valence-corrected chi connectivity index (χ4v) is 3.59. The highest BCUT2D eigenvalue weighted by atomic mass is 32.2. The first kappa shape index (κ1) is 15.2. The van der Waals surface area contributed by atoms with Crippen LogP contribution in [-0.4, -0.2) is 35.5 Å². The third-order valence-corrected chi connectivity index (χ3v) is 4.81. The molecule has 1 aromatic rings. The summed E-state index contributed by atoms with van der Waals surface area (Å²) in [4.78, 5) is 0. The molecule has 1 aromatic heterocycles. The Morgan fingerprint density at radius 1 is 1.50 bits per heavy atom. The van der Waals surface area contributed by atoms with E-state index in [1.165, 1.54) is 6.08 Å². The van der Waals surface area contributed by atoms with Crippen LogP contribution >= 0.6 is 0 Å². The number of aromatic nitrogens is 3. The molecule has 1 fully saturated rings. The van der Waals surface area contributed by atoms with Gasteiger partial charge in [0, 0.05) is 6.54 Å². The van der Waals surface area contributed by atoms with Crippen LogP contribution in [0, 0.1) is 5.92 Å². The summed E-state index contributed by atoms with van der Waals surface area (Å²) in [6.07, 6.45) is 3.43. The second kappa shape index (κ2) is 6.05. The Morgan fingerprint density at radius 3 is 2.80 bits per heavy atom. The van der Waals surface area contributed by atoms with Gasteiger partial charge in [0.2, 0.25) is 15.0 Å². The second-order valence-electron chi connectivity index (χ2n) is 5.56. The first-order valence-corrected chi connectivity index (χ1v) is 8.61. The van der Waals surface area contributed by atoms with Gasteiger partial charge in [0.1, 0.15) is 0 Å². The molecule has 0 radical (unpaired) electrons. The molecule has 0 aliphatic carbocycles. The highest BCUT2D eigenvalue weighted by Gasteiger charge is 2.29. The zero-order valence-corrected chi connectivity index (χ0v) is 12.9. The molecule has 1 N–H and O–H groups in total. The summed E-state index contributed by atoms with van der Waals surface area (Å²) < 4.78 is 26.3. The van der Waals surface area contributed by atoms with Gasteiger partial charge in [-0.2, -0.15) is 0 Å². The summed E-state index contributed by atoms with van der Waals surface area (Å²) in [5.74, 6) is 0.948. The van der Waals surface area contributed by atoms with Gasteiger partial charge < -0.3 is 9.88 Å². The topological polar surface area (TPSA) is 76.9 Å². The van der Waals surface area contributed by atoms with E-state index in [0.29, 0.717) is 12.5 Å². The van der Waals surface area contributed by atoms with Gasteiger partial charge >= 0.3 is 0 Å². The van der Waals surface area contributed by atoms with Crippen LogP contribution in [0.3, 0.4) is 0 Å². The van der Waals surface area contributed by atoms with Gasteiger partial charge in [-0.3, -0.25) is 0 Å². The molecule has 1 saturated heterocycles. The lowest BCUT2D eigenvalue weighted by Crippen LogP contribution is -2.22. The molecule has 1 aliphatic heterocycles. The molecule has 0 saturated carbocycles. The fourth-order valence-electron chi connectivity index (χ4n) is 2.46. The second-order valence-corrected chi connectivity index (χ2v) is 7.49. The van der Waals surface area contributed by atoms with E-state index in [9.17, 15) is 8.42 Å². The number of sulfone groups is 1. The van der Waals surface area contributed by atoms with Crippen molar-refractivity contribution in [2.24, 2.45) is 5.92 Å². The van der Waals surface area contributed by atoms with Crippen molar-refractivity contribution in [2.45, 2.75) is 44.4 Å². The Hall–Kier alpha value is -1.21. The predicted octanol–water partition coefficient (Wildman–Crippen LogP) is 1.32. The first-order chi connectivity index (χ1) is 9.45. The maximum atomic E-state index is 12.2. The number of nitrogens with zero attached hydrogens (tertiary/aromatic N) is 3. The van der Waals surface area contributed by atoms with Crippen LogP contribution in [0.1, 0.15) is 38.6 Å². The van der Waals surface area contributed by atoms with Gasteiger partial charge in [-0.1, -0.05) is 19.9 Å². The van der Waals surface area contributed by atoms with E-state index in [1.54, 1.807) is 4.57 Å². The molecule has 6 nitrogen and oxygen atoms in total. The van der Waals surface area contributed by atoms with Crippen molar-refractivity contribution in [3.63, 3.8) is 0 Å². The molecule has 1 atom stereocenters. The highest BCUT2D eigenvalue weighted by molar-refractivity contribution is 7.91. The maximum absolute atomic E-state index is 12.2. The maximum Gasteiger partial charge on any atom is 0.250 e. The Balaban J connectivity index is 2.44. The summed E-state index contributed by atoms with van der Waals surface area (Å²) >= 11 is 0. The van der Waals surface area contributed by atoms with Crippen molar-refractivity contribution < 1.29 is 8.42 Å². The Bertz CT molecular complexity index is 571. The molecule has 0 amide bonds. The average Bonchev–Trinajstić information content (AvgIpc) is 2.96. The molecule has 1 aliphatic rings. The summed E-state index contributed by atoms with van der Waals surface area (Å²) in [5.41, 5.74) is 0. The number of nitrogens with one attached hydrogen (secondary N) is 1. The molecule has 0 bridgehead atoms. The van der Waals surface area contributed by atoms with Crippen LogP contribution in [0.2, 0.25) is 0 Å². The normalized spacial score (nSPS) is 19.6. The summed E-state index contributed by atoms with van der Waals surface area (Å²) in [6.45, 7) is 9.14. The third kappa shape index (κ3) is 3.09. The van der Waals surface area contributed by atoms with Crippen LogP contribution in [-0.2, 0) is 16.4 Å². The molecule has 7 heteroatoms. The minimum absolute atomic E-state index is 0.0646. The molecule has 2 heterocycles. The standard InChI is InChI=1S/C13H22N4O2S/c1-4-8-20(18,19)13-16-15-12(11-6-5-7-14-11)17(13)9-10(2)3/h4,10-11,14H,1,5-9H2,2-3H3. The van der Waals surface area contributed by atoms with Crippen LogP contribution in [0.15, 0.2) is 17.8 Å². The van der Waals surface area contributed by atoms with Crippen molar-refractivity contribution in [3.05, 3.63) is 18.5 Å². The van der Waals surface area contributed by atoms with E-state index in [0.717, 1.165) is 25.2 Å². The Kier molecular flexibility index (Phi) is 4.59. The molecular weight excluding hydrogens is 276 g/mol. The number of hydrogen-bond donors (Lipinski definition) is 1. The van der Waals surface area contributed by atoms with Crippen molar-refractivity contribution in [1.82, 2.24) is 20.1 Å². The summed E-state index contributed by atoms with van der Waals surface area (Å²) in [5, 5.41) is 11.5. The van der Waals surface area contributed by atoms with Gasteiger partial charge in [0.15, 0.2) is 5.82 Å². The van der Waals surface area contributed by atoms with Gasteiger partial charge in [-0.25, -0.2) is 8.42 Å². The molecule has 0 spiro atoms. The molecule has 2 rings (SSSR count). The van der Waals surface area contributed by atoms with E-state index < -0.39 is 9.84 Å². The van der Waals surface area contributed by atoms with Crippen LogP contribution in [0.25, 0.3) is 0 Å². The van der Waals surface area contributed by atoms with Gasteiger partial charge in [-0.15, -0.1) is 16.8 Å². The first-order valence-electron chi connectivity index (χ1n) is 6.96. The van der Waals surface area contributed by atoms with Crippen molar-refractivity contribution in [2.75, 3.05) is 12.3 Å². The Morgan fingerprint density at radius 2 is 2.25 bits per heavy atom. The van der Waals surface area contributed by atoms with Crippen molar-refractivity contribution in [1.29, 1.82) is 0 Å². The lowest BCUT2D eigenvalue weighted by Gasteiger charge is -2.15. The highest BCUT2D eigenvalue weighted by Crippen LogP contribution is 2.24. The SMILES string of the molecule is C=CCS(=O)(=O)c1nnc(C2CCCN2)n1CC(C)C. The lowest BCUT2D eigenvalue weighted by molar-refractivity contribution is 0.448. The van der Waals surface area contributed by atoms with Gasteiger partial charge in [0.05, 0.1) is 11.8 Å². The molecular formula is C13H22N4O2S. The Labute approximate surface area is 120 Å². The van der Waals surface area contributed by atoms with E-state index in [-0.39, 0.29) is 17.0 Å². The minimum atomic E-state index is -3.45. The lowest BCUT2D eigenvalue weighted by atomic mass is 10.2. The van der Waals surface area contributed by atoms with Crippen molar-refractivity contribution >= 4 is 9.84 Å². The van der Waals surface area contributed by atoms with Crippen LogP contribution < -0.4 is 5.32 Å². The summed E-state index contributed by atoms with van der Waals surface area (Å²) in [7, 11) is -3.45. The van der Waals surface area contributed by atoms with Crippen LogP contribution in [0.4, 0.5) is 0 Å². The third-order valence-electron chi connectivity index (χ3n) is 3.28. The monoisotopic (exact) mass is 298 g/mol. The smallest absolute Gasteiger partial charge is 0.250 e. The zero-order chi connectivity index (χ0) is 14.8. The minimum Gasteiger partial charge on any atom is -0.307 e. The molecule has 112 valence electrons. The number of hydrogen-bond acceptors (Lipinski definition) is 5. The van der Waals surface area contributed by atoms with E-state index in [4.69, 9.17) is 0 Å². The van der Waals surface area contributed by atoms with E-state index >= 15 is 0 Å². The zero-order valence-electron chi connectivity index (χ0n) is 12.0. The summed E-state index contributed by atoms with van der Waals surface area (Å²) in [6, 6.07) is 0.105. The van der Waals surface area contributed by atoms with Gasteiger partial charge in [-0.05, 0) is 25.3 Å². The average molecular weight is 298 g/mol. The quantitative estimate of drug-likeness (QED) is 0.802. The van der Waals surface area contributed by atoms with Crippen LogP contribution in [0.5, 0.6) is 0 Å². The number of rotatable bonds is 6. The van der Waals surface area contributed by atoms with E-state index in [1.807, 2.05) is 0 Å². The van der Waals surface area contributed by atoms with E-state index in [2.05, 4.69) is 35.9 Å². The van der Waals surface area contributed by atoms with Crippen molar-refractivity contribution in [3.8, 4) is 0 Å². The van der Waals surface area contributed by atoms with Gasteiger partial charge in [0.25, 0.3) is 0 Å².